The Labute approximate surface area is 109 Å². The molecule has 4 heteroatoms. The Morgan fingerprint density at radius 2 is 1.89 bits per heavy atom. The van der Waals surface area contributed by atoms with Crippen LogP contribution in [0.4, 0.5) is 0 Å². The van der Waals surface area contributed by atoms with Crippen LogP contribution in [-0.2, 0) is 5.41 Å². The first-order valence-electron chi connectivity index (χ1n) is 7.30. The van der Waals surface area contributed by atoms with E-state index in [-0.39, 0.29) is 11.5 Å². The van der Waals surface area contributed by atoms with Crippen LogP contribution >= 0.6 is 0 Å². The van der Waals surface area contributed by atoms with Crippen LogP contribution < -0.4 is 5.73 Å². The van der Waals surface area contributed by atoms with E-state index in [4.69, 9.17) is 5.73 Å². The lowest BCUT2D eigenvalue weighted by Gasteiger charge is -2.30. The van der Waals surface area contributed by atoms with Gasteiger partial charge in [-0.1, -0.05) is 26.2 Å². The van der Waals surface area contributed by atoms with Gasteiger partial charge in [-0.2, -0.15) is 0 Å². The maximum absolute atomic E-state index is 6.34. The zero-order chi connectivity index (χ0) is 12.8. The third kappa shape index (κ3) is 1.69. The van der Waals surface area contributed by atoms with Crippen molar-refractivity contribution in [1.29, 1.82) is 0 Å². The second-order valence-electron chi connectivity index (χ2n) is 6.30. The minimum Gasteiger partial charge on any atom is -0.327 e. The molecule has 2 saturated carbocycles. The summed E-state index contributed by atoms with van der Waals surface area (Å²) in [4.78, 5) is 0. The van der Waals surface area contributed by atoms with Crippen molar-refractivity contribution in [2.24, 2.45) is 5.73 Å². The van der Waals surface area contributed by atoms with E-state index in [1.807, 2.05) is 0 Å². The minimum atomic E-state index is 0.0316. The Hall–Kier alpha value is -0.900. The summed E-state index contributed by atoms with van der Waals surface area (Å²) < 4.78 is 2.40. The van der Waals surface area contributed by atoms with Crippen molar-refractivity contribution in [1.82, 2.24) is 14.8 Å². The Morgan fingerprint density at radius 3 is 2.50 bits per heavy atom. The second kappa shape index (κ2) is 4.34. The van der Waals surface area contributed by atoms with Crippen molar-refractivity contribution in [2.45, 2.75) is 76.3 Å². The third-order valence-corrected chi connectivity index (χ3v) is 5.10. The van der Waals surface area contributed by atoms with E-state index >= 15 is 0 Å². The molecule has 0 amide bonds. The normalized spacial score (nSPS) is 33.4. The van der Waals surface area contributed by atoms with Crippen molar-refractivity contribution >= 4 is 0 Å². The smallest absolute Gasteiger partial charge is 0.140 e. The highest BCUT2D eigenvalue weighted by molar-refractivity contribution is 5.17. The Kier molecular flexibility index (Phi) is 2.93. The van der Waals surface area contributed by atoms with Gasteiger partial charge in [0.05, 0.1) is 0 Å². The predicted octanol–water partition coefficient (Wildman–Crippen LogP) is 2.47. The summed E-state index contributed by atoms with van der Waals surface area (Å²) in [6.07, 6.45) is 8.71. The molecule has 0 saturated heterocycles. The topological polar surface area (TPSA) is 56.7 Å². The summed E-state index contributed by atoms with van der Waals surface area (Å²) in [5, 5.41) is 8.84. The molecule has 2 aliphatic rings. The van der Waals surface area contributed by atoms with Crippen LogP contribution in [0.5, 0.6) is 0 Å². The summed E-state index contributed by atoms with van der Waals surface area (Å²) in [5.41, 5.74) is 6.37. The van der Waals surface area contributed by atoms with Gasteiger partial charge in [0.2, 0.25) is 0 Å². The maximum Gasteiger partial charge on any atom is 0.140 e. The largest absolute Gasteiger partial charge is 0.327 e. The van der Waals surface area contributed by atoms with Gasteiger partial charge in [0.1, 0.15) is 11.6 Å². The van der Waals surface area contributed by atoms with Crippen molar-refractivity contribution in [3.8, 4) is 0 Å². The summed E-state index contributed by atoms with van der Waals surface area (Å²) >= 11 is 0. The van der Waals surface area contributed by atoms with Gasteiger partial charge < -0.3 is 10.3 Å². The lowest BCUT2D eigenvalue weighted by Crippen LogP contribution is -2.41. The average molecular weight is 248 g/mol. The van der Waals surface area contributed by atoms with Gasteiger partial charge in [-0.15, -0.1) is 10.2 Å². The number of nitrogens with two attached hydrogens (primary N) is 1. The van der Waals surface area contributed by atoms with E-state index < -0.39 is 0 Å². The van der Waals surface area contributed by atoms with Crippen molar-refractivity contribution < 1.29 is 0 Å². The number of hydrogen-bond donors (Lipinski definition) is 1. The molecule has 0 spiro atoms. The first kappa shape index (κ1) is 12.2. The number of nitrogens with zero attached hydrogens (tertiary/aromatic N) is 3. The lowest BCUT2D eigenvalue weighted by atomic mass is 9.84. The van der Waals surface area contributed by atoms with Gasteiger partial charge in [0.25, 0.3) is 0 Å². The lowest BCUT2D eigenvalue weighted by molar-refractivity contribution is 0.360. The molecule has 1 aromatic heterocycles. The van der Waals surface area contributed by atoms with E-state index in [0.717, 1.165) is 24.5 Å². The van der Waals surface area contributed by atoms with Crippen LogP contribution in [-0.4, -0.2) is 20.8 Å². The van der Waals surface area contributed by atoms with Crippen LogP contribution in [0, 0.1) is 6.92 Å². The Balaban J connectivity index is 2.01. The highest BCUT2D eigenvalue weighted by atomic mass is 15.3. The summed E-state index contributed by atoms with van der Waals surface area (Å²) in [6, 6.07) is 0.848. The van der Waals surface area contributed by atoms with Gasteiger partial charge >= 0.3 is 0 Å². The molecule has 1 heterocycles. The molecule has 2 aliphatic carbocycles. The van der Waals surface area contributed by atoms with Gasteiger partial charge in [0, 0.05) is 17.5 Å². The van der Waals surface area contributed by atoms with Crippen LogP contribution in [0.2, 0.25) is 0 Å². The molecule has 18 heavy (non-hydrogen) atoms. The van der Waals surface area contributed by atoms with E-state index in [9.17, 15) is 0 Å². The first-order chi connectivity index (χ1) is 8.63. The fraction of sp³-hybridized carbons (Fsp3) is 0.857. The van der Waals surface area contributed by atoms with Crippen LogP contribution in [0.25, 0.3) is 0 Å². The Bertz CT molecular complexity index is 433. The van der Waals surface area contributed by atoms with E-state index in [1.165, 1.54) is 32.1 Å². The number of rotatable bonds is 2. The molecule has 0 radical (unpaired) electrons. The molecular formula is C14H24N4. The molecule has 3 rings (SSSR count). The van der Waals surface area contributed by atoms with E-state index in [0.29, 0.717) is 6.04 Å². The molecule has 2 N–H and O–H groups in total. The predicted molar refractivity (Wildman–Crippen MR) is 71.4 cm³/mol. The van der Waals surface area contributed by atoms with Gasteiger partial charge in [-0.3, -0.25) is 0 Å². The van der Waals surface area contributed by atoms with E-state index in [1.54, 1.807) is 0 Å². The standard InChI is InChI=1S/C14H24N4/c1-10-16-17-13(14(2)9-5-8-12(14)15)18(10)11-6-3-4-7-11/h11-12H,3-9,15H2,1-2H3. The van der Waals surface area contributed by atoms with E-state index in [2.05, 4.69) is 28.6 Å². The van der Waals surface area contributed by atoms with Crippen molar-refractivity contribution in [2.75, 3.05) is 0 Å². The molecule has 4 nitrogen and oxygen atoms in total. The third-order valence-electron chi connectivity index (χ3n) is 5.10. The molecule has 0 aromatic carbocycles. The fourth-order valence-corrected chi connectivity index (χ4v) is 3.83. The number of aryl methyl sites for hydroxylation is 1. The molecule has 100 valence electrons. The Morgan fingerprint density at radius 1 is 1.17 bits per heavy atom. The minimum absolute atomic E-state index is 0.0316. The quantitative estimate of drug-likeness (QED) is 0.874. The second-order valence-corrected chi connectivity index (χ2v) is 6.30. The molecule has 2 atom stereocenters. The zero-order valence-corrected chi connectivity index (χ0v) is 11.5. The molecule has 1 aromatic rings. The number of hydrogen-bond acceptors (Lipinski definition) is 3. The molecule has 2 unspecified atom stereocenters. The van der Waals surface area contributed by atoms with Gasteiger partial charge in [0.15, 0.2) is 0 Å². The fourth-order valence-electron chi connectivity index (χ4n) is 3.83. The number of aromatic nitrogens is 3. The van der Waals surface area contributed by atoms with Crippen LogP contribution in [0.1, 0.15) is 69.6 Å². The molecule has 0 aliphatic heterocycles. The maximum atomic E-state index is 6.34. The van der Waals surface area contributed by atoms with Crippen molar-refractivity contribution in [3.63, 3.8) is 0 Å². The molecular weight excluding hydrogens is 224 g/mol. The summed E-state index contributed by atoms with van der Waals surface area (Å²) in [5.74, 6) is 2.22. The average Bonchev–Trinajstić information content (AvgIpc) is 3.01. The first-order valence-corrected chi connectivity index (χ1v) is 7.30. The zero-order valence-electron chi connectivity index (χ0n) is 11.5. The highest BCUT2D eigenvalue weighted by Crippen LogP contribution is 2.42. The highest BCUT2D eigenvalue weighted by Gasteiger charge is 2.43. The molecule has 2 fully saturated rings. The van der Waals surface area contributed by atoms with Gasteiger partial charge in [-0.25, -0.2) is 0 Å². The summed E-state index contributed by atoms with van der Waals surface area (Å²) in [7, 11) is 0. The SMILES string of the molecule is Cc1nnc(C2(C)CCCC2N)n1C1CCCC1. The monoisotopic (exact) mass is 248 g/mol. The van der Waals surface area contributed by atoms with Gasteiger partial charge in [-0.05, 0) is 32.6 Å². The molecule has 0 bridgehead atoms. The summed E-state index contributed by atoms with van der Waals surface area (Å²) in [6.45, 7) is 4.36. The van der Waals surface area contributed by atoms with Crippen LogP contribution in [0.15, 0.2) is 0 Å². The van der Waals surface area contributed by atoms with Crippen LogP contribution in [0.3, 0.4) is 0 Å². The van der Waals surface area contributed by atoms with Crippen molar-refractivity contribution in [3.05, 3.63) is 11.6 Å².